The van der Waals surface area contributed by atoms with Gasteiger partial charge in [0.25, 0.3) is 0 Å². The van der Waals surface area contributed by atoms with Crippen molar-refractivity contribution >= 4 is 17.5 Å². The molecule has 0 bridgehead atoms. The zero-order valence-corrected chi connectivity index (χ0v) is 13.9. The van der Waals surface area contributed by atoms with Gasteiger partial charge in [0.15, 0.2) is 5.82 Å². The number of nitrogens with one attached hydrogen (secondary N) is 2. The second-order valence-electron chi connectivity index (χ2n) is 5.90. The predicted molar refractivity (Wildman–Crippen MR) is 89.3 cm³/mol. The molecular formula is C17H20N4O4. The maximum absolute atomic E-state index is 12.1. The fourth-order valence-electron chi connectivity index (χ4n) is 2.82. The Morgan fingerprint density at radius 3 is 2.80 bits per heavy atom. The lowest BCUT2D eigenvalue weighted by atomic mass is 10.2. The predicted octanol–water partition coefficient (Wildman–Crippen LogP) is 1.93. The Kier molecular flexibility index (Phi) is 5.27. The van der Waals surface area contributed by atoms with Crippen LogP contribution in [-0.2, 0) is 11.2 Å². The Bertz CT molecular complexity index is 753. The fourth-order valence-corrected chi connectivity index (χ4v) is 2.82. The summed E-state index contributed by atoms with van der Waals surface area (Å²) < 4.78 is 10.1. The van der Waals surface area contributed by atoms with Crippen molar-refractivity contribution in [2.75, 3.05) is 12.4 Å². The molecule has 0 aliphatic heterocycles. The van der Waals surface area contributed by atoms with Gasteiger partial charge in [-0.15, -0.1) is 0 Å². The van der Waals surface area contributed by atoms with E-state index in [0.29, 0.717) is 11.4 Å². The molecule has 1 aromatic carbocycles. The van der Waals surface area contributed by atoms with E-state index in [1.165, 1.54) is 7.11 Å². The standard InChI is InChI=1S/C17H20N4O4/c1-24-13-9-5-4-8-12(13)19-15(22)10-14-20-17(25-21-14)16(23)18-11-6-2-3-7-11/h4-5,8-9,11H,2-3,6-7,10H2,1H3,(H,18,23)(H,19,22). The number of amides is 2. The lowest BCUT2D eigenvalue weighted by molar-refractivity contribution is -0.115. The molecule has 2 aromatic rings. The Morgan fingerprint density at radius 2 is 2.04 bits per heavy atom. The smallest absolute Gasteiger partial charge is 0.315 e. The molecule has 1 saturated carbocycles. The Labute approximate surface area is 144 Å². The quantitative estimate of drug-likeness (QED) is 0.829. The van der Waals surface area contributed by atoms with Crippen molar-refractivity contribution in [2.24, 2.45) is 0 Å². The van der Waals surface area contributed by atoms with Gasteiger partial charge in [0.2, 0.25) is 5.91 Å². The highest BCUT2D eigenvalue weighted by molar-refractivity contribution is 5.93. The fraction of sp³-hybridized carbons (Fsp3) is 0.412. The van der Waals surface area contributed by atoms with Gasteiger partial charge in [0, 0.05) is 6.04 Å². The molecule has 8 heteroatoms. The van der Waals surface area contributed by atoms with Crippen LogP contribution in [-0.4, -0.2) is 35.1 Å². The van der Waals surface area contributed by atoms with Crippen LogP contribution in [0.5, 0.6) is 5.75 Å². The van der Waals surface area contributed by atoms with Crippen LogP contribution in [0.15, 0.2) is 28.8 Å². The molecule has 0 atom stereocenters. The van der Waals surface area contributed by atoms with Gasteiger partial charge in [0.05, 0.1) is 19.2 Å². The summed E-state index contributed by atoms with van der Waals surface area (Å²) in [6.45, 7) is 0. The maximum Gasteiger partial charge on any atom is 0.315 e. The van der Waals surface area contributed by atoms with Crippen LogP contribution in [0.4, 0.5) is 5.69 Å². The van der Waals surface area contributed by atoms with Crippen molar-refractivity contribution < 1.29 is 18.8 Å². The van der Waals surface area contributed by atoms with E-state index < -0.39 is 5.91 Å². The van der Waals surface area contributed by atoms with Crippen molar-refractivity contribution in [2.45, 2.75) is 38.1 Å². The van der Waals surface area contributed by atoms with E-state index in [2.05, 4.69) is 20.8 Å². The maximum atomic E-state index is 12.1. The minimum absolute atomic E-state index is 0.0990. The normalized spacial score (nSPS) is 14.3. The van der Waals surface area contributed by atoms with Crippen LogP contribution in [0.25, 0.3) is 0 Å². The van der Waals surface area contributed by atoms with E-state index in [1.807, 2.05) is 6.07 Å². The topological polar surface area (TPSA) is 106 Å². The molecule has 1 aliphatic rings. The van der Waals surface area contributed by atoms with Crippen LogP contribution in [0.3, 0.4) is 0 Å². The zero-order chi connectivity index (χ0) is 17.6. The summed E-state index contributed by atoms with van der Waals surface area (Å²) in [7, 11) is 1.53. The van der Waals surface area contributed by atoms with E-state index in [9.17, 15) is 9.59 Å². The van der Waals surface area contributed by atoms with E-state index in [-0.39, 0.29) is 30.1 Å². The molecule has 1 heterocycles. The number of nitrogens with zero attached hydrogens (tertiary/aromatic N) is 2. The average molecular weight is 344 g/mol. The monoisotopic (exact) mass is 344 g/mol. The summed E-state index contributed by atoms with van der Waals surface area (Å²) in [6, 6.07) is 7.24. The van der Waals surface area contributed by atoms with Crippen molar-refractivity contribution in [3.05, 3.63) is 36.0 Å². The second-order valence-corrected chi connectivity index (χ2v) is 5.90. The molecule has 2 amide bonds. The summed E-state index contributed by atoms with van der Waals surface area (Å²) in [5.74, 6) is -0.125. The van der Waals surface area contributed by atoms with Crippen molar-refractivity contribution in [3.8, 4) is 5.75 Å². The SMILES string of the molecule is COc1ccccc1NC(=O)Cc1noc(C(=O)NC2CCCC2)n1. The van der Waals surface area contributed by atoms with Gasteiger partial charge in [-0.1, -0.05) is 30.1 Å². The lowest BCUT2D eigenvalue weighted by Crippen LogP contribution is -2.32. The number of ether oxygens (including phenoxy) is 1. The molecule has 0 spiro atoms. The summed E-state index contributed by atoms with van der Waals surface area (Å²) in [6.07, 6.45) is 4.06. The molecule has 8 nitrogen and oxygen atoms in total. The van der Waals surface area contributed by atoms with Crippen LogP contribution < -0.4 is 15.4 Å². The van der Waals surface area contributed by atoms with E-state index in [1.54, 1.807) is 18.2 Å². The number of hydrogen-bond acceptors (Lipinski definition) is 6. The van der Waals surface area contributed by atoms with Gasteiger partial charge in [-0.3, -0.25) is 9.59 Å². The van der Waals surface area contributed by atoms with E-state index >= 15 is 0 Å². The lowest BCUT2D eigenvalue weighted by Gasteiger charge is -2.09. The summed E-state index contributed by atoms with van der Waals surface area (Å²) >= 11 is 0. The minimum Gasteiger partial charge on any atom is -0.495 e. The third-order valence-corrected chi connectivity index (χ3v) is 4.05. The van der Waals surface area contributed by atoms with Crippen LogP contribution in [0.2, 0.25) is 0 Å². The highest BCUT2D eigenvalue weighted by atomic mass is 16.5. The van der Waals surface area contributed by atoms with E-state index in [0.717, 1.165) is 25.7 Å². The van der Waals surface area contributed by atoms with Crippen LogP contribution in [0.1, 0.15) is 42.2 Å². The first-order valence-electron chi connectivity index (χ1n) is 8.22. The molecule has 1 fully saturated rings. The number of methoxy groups -OCH3 is 1. The first-order valence-corrected chi connectivity index (χ1v) is 8.22. The molecule has 3 rings (SSSR count). The number of para-hydroxylation sites is 2. The first-order chi connectivity index (χ1) is 12.2. The minimum atomic E-state index is -0.393. The number of carbonyl (C=O) groups excluding carboxylic acids is 2. The van der Waals surface area contributed by atoms with Gasteiger partial charge < -0.3 is 19.9 Å². The highest BCUT2D eigenvalue weighted by Gasteiger charge is 2.22. The Hall–Kier alpha value is -2.90. The number of anilines is 1. The molecule has 25 heavy (non-hydrogen) atoms. The number of rotatable bonds is 6. The van der Waals surface area contributed by atoms with Gasteiger partial charge in [-0.05, 0) is 25.0 Å². The summed E-state index contributed by atoms with van der Waals surface area (Å²) in [5, 5.41) is 9.28. The number of carbonyl (C=O) groups is 2. The number of aromatic nitrogens is 2. The third-order valence-electron chi connectivity index (χ3n) is 4.05. The Morgan fingerprint density at radius 1 is 1.28 bits per heavy atom. The van der Waals surface area contributed by atoms with Crippen molar-refractivity contribution in [1.82, 2.24) is 15.5 Å². The molecular weight excluding hydrogens is 324 g/mol. The molecule has 0 saturated heterocycles. The zero-order valence-electron chi connectivity index (χ0n) is 13.9. The average Bonchev–Trinajstić information content (AvgIpc) is 3.27. The number of hydrogen-bond donors (Lipinski definition) is 2. The van der Waals surface area contributed by atoms with Crippen LogP contribution in [0, 0.1) is 0 Å². The Balaban J connectivity index is 1.57. The molecule has 0 unspecified atom stereocenters. The molecule has 1 aliphatic carbocycles. The molecule has 0 radical (unpaired) electrons. The van der Waals surface area contributed by atoms with E-state index in [4.69, 9.17) is 9.26 Å². The van der Waals surface area contributed by atoms with Gasteiger partial charge in [-0.25, -0.2) is 0 Å². The molecule has 2 N–H and O–H groups in total. The summed E-state index contributed by atoms with van der Waals surface area (Å²) in [5.41, 5.74) is 0.553. The van der Waals surface area contributed by atoms with Gasteiger partial charge in [-0.2, -0.15) is 4.98 Å². The third kappa shape index (κ3) is 4.34. The van der Waals surface area contributed by atoms with Crippen molar-refractivity contribution in [3.63, 3.8) is 0 Å². The second kappa shape index (κ2) is 7.78. The first kappa shape index (κ1) is 16.9. The van der Waals surface area contributed by atoms with Gasteiger partial charge >= 0.3 is 11.8 Å². The number of benzene rings is 1. The summed E-state index contributed by atoms with van der Waals surface area (Å²) in [4.78, 5) is 28.2. The largest absolute Gasteiger partial charge is 0.495 e. The van der Waals surface area contributed by atoms with Crippen LogP contribution >= 0.6 is 0 Å². The van der Waals surface area contributed by atoms with Gasteiger partial charge in [0.1, 0.15) is 5.75 Å². The molecule has 132 valence electrons. The molecule has 1 aromatic heterocycles. The highest BCUT2D eigenvalue weighted by Crippen LogP contribution is 2.23. The van der Waals surface area contributed by atoms with Crippen molar-refractivity contribution in [1.29, 1.82) is 0 Å².